The van der Waals surface area contributed by atoms with E-state index in [4.69, 9.17) is 9.47 Å². The second kappa shape index (κ2) is 14.8. The Morgan fingerprint density at radius 2 is 0.761 bits per heavy atom. The van der Waals surface area contributed by atoms with Crippen molar-refractivity contribution >= 4 is 11.9 Å². The molecule has 0 aromatic heterocycles. The lowest BCUT2D eigenvalue weighted by Crippen LogP contribution is -2.20. The van der Waals surface area contributed by atoms with E-state index in [2.05, 4.69) is 83.1 Å². The molecule has 0 radical (unpaired) electrons. The minimum Gasteiger partial charge on any atom is -0.507 e. The van der Waals surface area contributed by atoms with Crippen molar-refractivity contribution in [3.8, 4) is 11.5 Å². The highest BCUT2D eigenvalue weighted by molar-refractivity contribution is 5.79. The maximum absolute atomic E-state index is 13.0. The van der Waals surface area contributed by atoms with Gasteiger partial charge in [0.05, 0.1) is 25.0 Å². The number of hydrogen-bond donors (Lipinski definition) is 2. The van der Waals surface area contributed by atoms with Crippen LogP contribution in [0.2, 0.25) is 0 Å². The summed E-state index contributed by atoms with van der Waals surface area (Å²) >= 11 is 0. The van der Waals surface area contributed by atoms with E-state index < -0.39 is 11.8 Å². The molecule has 0 saturated heterocycles. The van der Waals surface area contributed by atoms with Crippen molar-refractivity contribution in [3.63, 3.8) is 0 Å². The van der Waals surface area contributed by atoms with Gasteiger partial charge in [0.15, 0.2) is 0 Å². The van der Waals surface area contributed by atoms with Crippen molar-refractivity contribution in [3.05, 3.63) is 57.6 Å². The normalized spacial score (nSPS) is 14.1. The molecule has 2 aromatic rings. The molecule has 0 bridgehead atoms. The molecule has 0 amide bonds. The molecule has 6 nitrogen and oxygen atoms in total. The lowest BCUT2D eigenvalue weighted by molar-refractivity contribution is -0.146. The summed E-state index contributed by atoms with van der Waals surface area (Å²) in [7, 11) is 0. The third-order valence-corrected chi connectivity index (χ3v) is 8.73. The van der Waals surface area contributed by atoms with E-state index >= 15 is 0 Å². The van der Waals surface area contributed by atoms with Gasteiger partial charge in [0.25, 0.3) is 0 Å². The molecule has 46 heavy (non-hydrogen) atoms. The molecule has 6 heteroatoms. The first-order chi connectivity index (χ1) is 20.9. The van der Waals surface area contributed by atoms with Crippen molar-refractivity contribution in [1.82, 2.24) is 0 Å². The molecular formula is C40H62O6. The molecule has 258 valence electrons. The molecule has 0 spiro atoms. The highest BCUT2D eigenvalue weighted by Crippen LogP contribution is 2.42. The first-order valence-corrected chi connectivity index (χ1v) is 17.0. The van der Waals surface area contributed by atoms with E-state index in [-0.39, 0.29) is 33.6 Å². The Morgan fingerprint density at radius 1 is 0.522 bits per heavy atom. The predicted molar refractivity (Wildman–Crippen MR) is 188 cm³/mol. The highest BCUT2D eigenvalue weighted by Gasteiger charge is 2.30. The molecule has 2 unspecified atom stereocenters. The summed E-state index contributed by atoms with van der Waals surface area (Å²) in [6.07, 6.45) is 3.19. The topological polar surface area (TPSA) is 93.1 Å². The summed E-state index contributed by atoms with van der Waals surface area (Å²) in [6, 6.07) is 7.75. The second-order valence-electron chi connectivity index (χ2n) is 17.1. The Balaban J connectivity index is 1.88. The molecule has 0 aliphatic rings. The summed E-state index contributed by atoms with van der Waals surface area (Å²) in [5.41, 5.74) is 3.94. The first kappa shape index (κ1) is 39.2. The fourth-order valence-corrected chi connectivity index (χ4v) is 5.53. The number of benzene rings is 2. The molecule has 0 heterocycles. The standard InChI is InChI=1S/C40H62O6/c1-25(27-21-29(37(3,4)5)33(41)30(22-27)38(6,7)8)35(43)45-19-17-15-16-18-20-46-36(44)26(2)28-23-31(39(9,10)11)34(42)32(24-28)40(12,13)14/h21-26,41-42H,15-20H2,1-14H3. The van der Waals surface area contributed by atoms with Gasteiger partial charge < -0.3 is 19.7 Å². The monoisotopic (exact) mass is 638 g/mol. The summed E-state index contributed by atoms with van der Waals surface area (Å²) in [5.74, 6) is -0.838. The van der Waals surface area contributed by atoms with Crippen molar-refractivity contribution in [2.24, 2.45) is 0 Å². The number of phenols is 2. The van der Waals surface area contributed by atoms with E-state index in [1.165, 1.54) is 0 Å². The molecule has 0 aliphatic heterocycles. The number of esters is 2. The Hall–Kier alpha value is -3.02. The van der Waals surface area contributed by atoms with Gasteiger partial charge in [-0.3, -0.25) is 9.59 Å². The van der Waals surface area contributed by atoms with Crippen LogP contribution < -0.4 is 0 Å². The highest BCUT2D eigenvalue weighted by atomic mass is 16.5. The average Bonchev–Trinajstić information content (AvgIpc) is 2.91. The van der Waals surface area contributed by atoms with E-state index in [0.717, 1.165) is 59.1 Å². The Kier molecular flexibility index (Phi) is 12.6. The fraction of sp³-hybridized carbons (Fsp3) is 0.650. The zero-order valence-electron chi connectivity index (χ0n) is 31.2. The number of rotatable bonds is 11. The molecule has 2 rings (SSSR count). The largest absolute Gasteiger partial charge is 0.507 e. The third-order valence-electron chi connectivity index (χ3n) is 8.73. The van der Waals surface area contributed by atoms with Gasteiger partial charge in [-0.2, -0.15) is 0 Å². The van der Waals surface area contributed by atoms with E-state index in [9.17, 15) is 19.8 Å². The van der Waals surface area contributed by atoms with Gasteiger partial charge in [0.2, 0.25) is 0 Å². The lowest BCUT2D eigenvalue weighted by atomic mass is 9.77. The maximum atomic E-state index is 13.0. The summed E-state index contributed by atoms with van der Waals surface area (Å²) in [5, 5.41) is 22.0. The smallest absolute Gasteiger partial charge is 0.313 e. The van der Waals surface area contributed by atoms with E-state index in [1.807, 2.05) is 38.1 Å². The molecule has 0 saturated carbocycles. The summed E-state index contributed by atoms with van der Waals surface area (Å²) < 4.78 is 11.3. The summed E-state index contributed by atoms with van der Waals surface area (Å²) in [6.45, 7) is 29.1. The van der Waals surface area contributed by atoms with Gasteiger partial charge in [-0.15, -0.1) is 0 Å². The molecular weight excluding hydrogens is 576 g/mol. The van der Waals surface area contributed by atoms with Crippen molar-refractivity contribution in [1.29, 1.82) is 0 Å². The molecule has 2 N–H and O–H groups in total. The van der Waals surface area contributed by atoms with Gasteiger partial charge in [-0.25, -0.2) is 0 Å². The van der Waals surface area contributed by atoms with Crippen molar-refractivity contribution < 1.29 is 29.3 Å². The number of phenolic OH excluding ortho intramolecular Hbond substituents is 2. The van der Waals surface area contributed by atoms with Crippen LogP contribution in [0.4, 0.5) is 0 Å². The second-order valence-corrected chi connectivity index (χ2v) is 17.1. The maximum Gasteiger partial charge on any atom is 0.313 e. The Morgan fingerprint density at radius 3 is 0.978 bits per heavy atom. The molecule has 0 aliphatic carbocycles. The minimum atomic E-state index is -0.447. The third kappa shape index (κ3) is 10.2. The van der Waals surface area contributed by atoms with Crippen LogP contribution in [0.1, 0.15) is 168 Å². The van der Waals surface area contributed by atoms with Gasteiger partial charge in [0.1, 0.15) is 11.5 Å². The number of carbonyl (C=O) groups excluding carboxylic acids is 2. The number of aromatic hydroxyl groups is 2. The molecule has 2 atom stereocenters. The van der Waals surface area contributed by atoms with Crippen LogP contribution in [-0.4, -0.2) is 35.4 Å². The van der Waals surface area contributed by atoms with Crippen molar-refractivity contribution in [2.75, 3.05) is 13.2 Å². The molecule has 0 fully saturated rings. The SMILES string of the molecule is CC(C(=O)OCCCCCCOC(=O)C(C)c1cc(C(C)(C)C)c(O)c(C(C)(C)C)c1)c1cc(C(C)(C)C)c(O)c(C(C)(C)C)c1. The van der Waals surface area contributed by atoms with Gasteiger partial charge in [-0.05, 0) is 94.6 Å². The van der Waals surface area contributed by atoms with Gasteiger partial charge in [0, 0.05) is 0 Å². The van der Waals surface area contributed by atoms with Crippen LogP contribution in [0.5, 0.6) is 11.5 Å². The van der Waals surface area contributed by atoms with Crippen molar-refractivity contribution in [2.45, 2.75) is 156 Å². The number of unbranched alkanes of at least 4 members (excludes halogenated alkanes) is 3. The fourth-order valence-electron chi connectivity index (χ4n) is 5.53. The number of carbonyl (C=O) groups is 2. The van der Waals surface area contributed by atoms with Gasteiger partial charge >= 0.3 is 11.9 Å². The van der Waals surface area contributed by atoms with Crippen LogP contribution >= 0.6 is 0 Å². The minimum absolute atomic E-state index is 0.271. The predicted octanol–water partition coefficient (Wildman–Crippen LogP) is 9.84. The Labute approximate surface area is 279 Å². The van der Waals surface area contributed by atoms with E-state index in [1.54, 1.807) is 0 Å². The van der Waals surface area contributed by atoms with Crippen LogP contribution in [0, 0.1) is 0 Å². The average molecular weight is 639 g/mol. The lowest BCUT2D eigenvalue weighted by Gasteiger charge is -2.29. The van der Waals surface area contributed by atoms with Gasteiger partial charge in [-0.1, -0.05) is 107 Å². The molecule has 2 aromatic carbocycles. The zero-order chi connectivity index (χ0) is 35.4. The summed E-state index contributed by atoms with van der Waals surface area (Å²) in [4.78, 5) is 25.9. The Bertz CT molecular complexity index is 1180. The number of ether oxygens (including phenoxy) is 2. The van der Waals surface area contributed by atoms with E-state index in [0.29, 0.717) is 24.7 Å². The quantitative estimate of drug-likeness (QED) is 0.188. The first-order valence-electron chi connectivity index (χ1n) is 17.0. The zero-order valence-corrected chi connectivity index (χ0v) is 31.2. The van der Waals surface area contributed by atoms with Crippen LogP contribution in [-0.2, 0) is 40.7 Å². The van der Waals surface area contributed by atoms with Crippen LogP contribution in [0.15, 0.2) is 24.3 Å². The van der Waals surface area contributed by atoms with Crippen LogP contribution in [0.25, 0.3) is 0 Å². The van der Waals surface area contributed by atoms with Crippen LogP contribution in [0.3, 0.4) is 0 Å². The number of hydrogen-bond acceptors (Lipinski definition) is 6.